The van der Waals surface area contributed by atoms with E-state index in [4.69, 9.17) is 15.3 Å². The van der Waals surface area contributed by atoms with Crippen LogP contribution in [0.25, 0.3) is 28.6 Å². The maximum Gasteiger partial charge on any atom is 0.328 e. The molecule has 0 aliphatic heterocycles. The first-order valence-electron chi connectivity index (χ1n) is 8.13. The van der Waals surface area contributed by atoms with Crippen LogP contribution in [-0.4, -0.2) is 30.8 Å². The van der Waals surface area contributed by atoms with Crippen molar-refractivity contribution in [3.8, 4) is 11.5 Å². The molecule has 0 spiro atoms. The van der Waals surface area contributed by atoms with E-state index in [0.29, 0.717) is 23.6 Å². The van der Waals surface area contributed by atoms with E-state index in [1.54, 1.807) is 29.3 Å². The number of carboxylic acid groups (broad SMARTS) is 1. The maximum absolute atomic E-state index is 10.6. The van der Waals surface area contributed by atoms with Gasteiger partial charge in [-0.2, -0.15) is 10.1 Å². The predicted octanol–water partition coefficient (Wildman–Crippen LogP) is 2.81. The van der Waals surface area contributed by atoms with E-state index in [9.17, 15) is 4.79 Å². The molecule has 3 N–H and O–H groups in total. The van der Waals surface area contributed by atoms with Crippen LogP contribution >= 0.6 is 0 Å². The second-order valence-electron chi connectivity index (χ2n) is 5.86. The second kappa shape index (κ2) is 6.75. The molecular formula is C19H15N5O3. The summed E-state index contributed by atoms with van der Waals surface area (Å²) < 4.78 is 7.17. The number of rotatable bonds is 5. The molecule has 0 amide bonds. The molecule has 0 radical (unpaired) electrons. The number of nitrogen functional groups attached to an aromatic ring is 1. The Morgan fingerprint density at radius 2 is 2.04 bits per heavy atom. The number of furan rings is 1. The Hall–Kier alpha value is -3.94. The van der Waals surface area contributed by atoms with Crippen LogP contribution in [0.15, 0.2) is 59.4 Å². The van der Waals surface area contributed by atoms with Gasteiger partial charge in [0, 0.05) is 6.08 Å². The third-order valence-corrected chi connectivity index (χ3v) is 4.00. The molecule has 0 atom stereocenters. The van der Waals surface area contributed by atoms with Crippen molar-refractivity contribution in [1.29, 1.82) is 0 Å². The van der Waals surface area contributed by atoms with Gasteiger partial charge >= 0.3 is 5.97 Å². The van der Waals surface area contributed by atoms with Gasteiger partial charge in [-0.15, -0.1) is 0 Å². The van der Waals surface area contributed by atoms with Crippen molar-refractivity contribution < 1.29 is 14.3 Å². The zero-order valence-electron chi connectivity index (χ0n) is 14.1. The number of benzene rings is 1. The van der Waals surface area contributed by atoms with Crippen LogP contribution in [0, 0.1) is 0 Å². The van der Waals surface area contributed by atoms with Crippen molar-refractivity contribution in [1.82, 2.24) is 19.7 Å². The van der Waals surface area contributed by atoms with Gasteiger partial charge in [0.1, 0.15) is 5.69 Å². The highest BCUT2D eigenvalue weighted by Gasteiger charge is 2.15. The fraction of sp³-hybridized carbons (Fsp3) is 0.0526. The number of aromatic nitrogens is 4. The molecule has 134 valence electrons. The van der Waals surface area contributed by atoms with Gasteiger partial charge in [0.2, 0.25) is 5.95 Å². The predicted molar refractivity (Wildman–Crippen MR) is 99.7 cm³/mol. The van der Waals surface area contributed by atoms with Crippen LogP contribution < -0.4 is 5.73 Å². The SMILES string of the molecule is Nc1nc(-c2ccco2)c2cnn(Cc3ccc(/C=C/C(=O)O)cc3)c2n1. The highest BCUT2D eigenvalue weighted by Crippen LogP contribution is 2.27. The maximum atomic E-state index is 10.6. The Balaban J connectivity index is 1.66. The number of aliphatic carboxylic acids is 1. The second-order valence-corrected chi connectivity index (χ2v) is 5.86. The van der Waals surface area contributed by atoms with Crippen LogP contribution in [-0.2, 0) is 11.3 Å². The summed E-state index contributed by atoms with van der Waals surface area (Å²) in [5, 5.41) is 13.8. The van der Waals surface area contributed by atoms with Crippen LogP contribution in [0.5, 0.6) is 0 Å². The van der Waals surface area contributed by atoms with Gasteiger partial charge in [-0.05, 0) is 29.3 Å². The Bertz CT molecular complexity index is 1130. The van der Waals surface area contributed by atoms with Gasteiger partial charge in [0.05, 0.1) is 24.4 Å². The zero-order valence-corrected chi connectivity index (χ0v) is 14.1. The number of carboxylic acids is 1. The first-order chi connectivity index (χ1) is 13.1. The lowest BCUT2D eigenvalue weighted by Gasteiger charge is -2.05. The summed E-state index contributed by atoms with van der Waals surface area (Å²) in [5.74, 6) is -0.236. The van der Waals surface area contributed by atoms with Crippen molar-refractivity contribution in [2.45, 2.75) is 6.54 Å². The Morgan fingerprint density at radius 3 is 2.74 bits per heavy atom. The molecule has 0 bridgehead atoms. The van der Waals surface area contributed by atoms with E-state index < -0.39 is 5.97 Å². The number of carbonyl (C=O) groups is 1. The third kappa shape index (κ3) is 3.40. The number of nitrogens with zero attached hydrogens (tertiary/aromatic N) is 4. The highest BCUT2D eigenvalue weighted by molar-refractivity contribution is 5.89. The summed E-state index contributed by atoms with van der Waals surface area (Å²) in [6.07, 6.45) is 5.91. The van der Waals surface area contributed by atoms with E-state index >= 15 is 0 Å². The molecule has 8 heteroatoms. The highest BCUT2D eigenvalue weighted by atomic mass is 16.4. The molecule has 4 rings (SSSR count). The van der Waals surface area contributed by atoms with Gasteiger partial charge in [0.15, 0.2) is 11.4 Å². The van der Waals surface area contributed by atoms with Gasteiger partial charge in [-0.1, -0.05) is 24.3 Å². The fourth-order valence-corrected chi connectivity index (χ4v) is 2.76. The summed E-state index contributed by atoms with van der Waals surface area (Å²) in [4.78, 5) is 19.2. The minimum absolute atomic E-state index is 0.143. The lowest BCUT2D eigenvalue weighted by Crippen LogP contribution is -2.05. The van der Waals surface area contributed by atoms with Gasteiger partial charge in [0.25, 0.3) is 0 Å². The van der Waals surface area contributed by atoms with Gasteiger partial charge in [-0.3, -0.25) is 0 Å². The number of hydrogen-bond donors (Lipinski definition) is 2. The number of hydrogen-bond acceptors (Lipinski definition) is 6. The molecule has 4 aromatic rings. The van der Waals surface area contributed by atoms with Crippen LogP contribution in [0.2, 0.25) is 0 Å². The summed E-state index contributed by atoms with van der Waals surface area (Å²) in [6.45, 7) is 0.487. The molecule has 8 nitrogen and oxygen atoms in total. The molecular weight excluding hydrogens is 346 g/mol. The molecule has 0 fully saturated rings. The topological polar surface area (TPSA) is 120 Å². The van der Waals surface area contributed by atoms with E-state index in [0.717, 1.165) is 22.6 Å². The molecule has 0 unspecified atom stereocenters. The van der Waals surface area contributed by atoms with Gasteiger partial charge < -0.3 is 15.3 Å². The molecule has 3 aromatic heterocycles. The lowest BCUT2D eigenvalue weighted by molar-refractivity contribution is -0.131. The van der Waals surface area contributed by atoms with Crippen LogP contribution in [0.1, 0.15) is 11.1 Å². The first-order valence-corrected chi connectivity index (χ1v) is 8.13. The average molecular weight is 361 g/mol. The molecule has 27 heavy (non-hydrogen) atoms. The number of anilines is 1. The smallest absolute Gasteiger partial charge is 0.328 e. The summed E-state index contributed by atoms with van der Waals surface area (Å²) in [6, 6.07) is 11.1. The van der Waals surface area contributed by atoms with Gasteiger partial charge in [-0.25, -0.2) is 14.5 Å². The Kier molecular flexibility index (Phi) is 4.13. The van der Waals surface area contributed by atoms with E-state index in [1.807, 2.05) is 30.3 Å². The Morgan fingerprint density at radius 1 is 1.22 bits per heavy atom. The normalized spacial score (nSPS) is 11.4. The van der Waals surface area contributed by atoms with Crippen LogP contribution in [0.4, 0.5) is 5.95 Å². The molecule has 0 aliphatic carbocycles. The molecule has 0 aliphatic rings. The standard InChI is InChI=1S/C19H15N5O3/c20-19-22-17(15-2-1-9-27-15)14-10-21-24(18(14)23-19)11-13-5-3-12(4-6-13)7-8-16(25)26/h1-10H,11H2,(H,25,26)(H2,20,22,23)/b8-7+. The minimum atomic E-state index is -0.980. The van der Waals surface area contributed by atoms with E-state index in [2.05, 4.69) is 15.1 Å². The number of nitrogens with two attached hydrogens (primary N) is 1. The van der Waals surface area contributed by atoms with Crippen molar-refractivity contribution in [3.63, 3.8) is 0 Å². The molecule has 1 aromatic carbocycles. The van der Waals surface area contributed by atoms with E-state index in [1.165, 1.54) is 0 Å². The summed E-state index contributed by atoms with van der Waals surface area (Å²) in [5.41, 5.74) is 8.88. The van der Waals surface area contributed by atoms with Crippen molar-refractivity contribution in [2.75, 3.05) is 5.73 Å². The van der Waals surface area contributed by atoms with Crippen molar-refractivity contribution in [2.24, 2.45) is 0 Å². The lowest BCUT2D eigenvalue weighted by atomic mass is 10.1. The third-order valence-electron chi connectivity index (χ3n) is 4.00. The Labute approximate surface area is 153 Å². The van der Waals surface area contributed by atoms with Crippen molar-refractivity contribution in [3.05, 3.63) is 66.1 Å². The molecule has 3 heterocycles. The molecule has 0 saturated carbocycles. The zero-order chi connectivity index (χ0) is 18.8. The van der Waals surface area contributed by atoms with Crippen molar-refractivity contribution >= 4 is 29.0 Å². The van der Waals surface area contributed by atoms with E-state index in [-0.39, 0.29) is 5.95 Å². The average Bonchev–Trinajstić information content (AvgIpc) is 3.31. The monoisotopic (exact) mass is 361 g/mol. The summed E-state index contributed by atoms with van der Waals surface area (Å²) >= 11 is 0. The molecule has 0 saturated heterocycles. The largest absolute Gasteiger partial charge is 0.478 e. The number of fused-ring (bicyclic) bond motifs is 1. The summed E-state index contributed by atoms with van der Waals surface area (Å²) in [7, 11) is 0. The quantitative estimate of drug-likeness (QED) is 0.524. The fourth-order valence-electron chi connectivity index (χ4n) is 2.76. The van der Waals surface area contributed by atoms with Crippen LogP contribution in [0.3, 0.4) is 0 Å². The minimum Gasteiger partial charge on any atom is -0.478 e. The first kappa shape index (κ1) is 16.5.